The molecule has 2 rings (SSSR count). The fourth-order valence-corrected chi connectivity index (χ4v) is 2.95. The third-order valence-electron chi connectivity index (χ3n) is 3.50. The van der Waals surface area contributed by atoms with Crippen LogP contribution in [-0.4, -0.2) is 29.6 Å². The number of halogens is 1. The van der Waals surface area contributed by atoms with Crippen LogP contribution in [0.3, 0.4) is 0 Å². The molecule has 1 amide bonds. The average molecular weight is 403 g/mol. The number of benzene rings is 1. The molecule has 0 bridgehead atoms. The third kappa shape index (κ3) is 4.87. The van der Waals surface area contributed by atoms with Crippen LogP contribution in [-0.2, 0) is 4.79 Å². The summed E-state index contributed by atoms with van der Waals surface area (Å²) in [6, 6.07) is 5.09. The van der Waals surface area contributed by atoms with Crippen LogP contribution in [0.15, 0.2) is 18.2 Å². The summed E-state index contributed by atoms with van der Waals surface area (Å²) in [5.74, 6) is -1.03. The van der Waals surface area contributed by atoms with E-state index >= 15 is 0 Å². The van der Waals surface area contributed by atoms with Crippen LogP contribution in [0.25, 0.3) is 0 Å². The first-order valence-electron chi connectivity index (χ1n) is 7.01. The molecule has 0 radical (unpaired) electrons. The fraction of sp³-hybridized carbons (Fsp3) is 0.467. The molecule has 1 saturated carbocycles. The molecule has 114 valence electrons. The molecule has 0 aromatic heterocycles. The Labute approximate surface area is 137 Å². The van der Waals surface area contributed by atoms with Crippen molar-refractivity contribution in [2.24, 2.45) is 0 Å². The standard InChI is InChI=1S/C15H18INO4/c16-10-6-7-13(12(8-10)15(19)20)21-9-14(18)17-11-4-2-1-3-5-11/h6-8,11H,1-5,9H2,(H,17,18)(H,19,20). The van der Waals surface area contributed by atoms with Gasteiger partial charge in [-0.1, -0.05) is 19.3 Å². The van der Waals surface area contributed by atoms with E-state index in [1.54, 1.807) is 12.1 Å². The van der Waals surface area contributed by atoms with Gasteiger partial charge < -0.3 is 15.2 Å². The Morgan fingerprint density at radius 2 is 2.00 bits per heavy atom. The van der Waals surface area contributed by atoms with Crippen molar-refractivity contribution >= 4 is 34.5 Å². The predicted molar refractivity (Wildman–Crippen MR) is 86.6 cm³/mol. The molecule has 0 aliphatic heterocycles. The number of hydrogen-bond donors (Lipinski definition) is 2. The molecule has 1 aliphatic carbocycles. The maximum atomic E-state index is 11.8. The number of aromatic carboxylic acids is 1. The van der Waals surface area contributed by atoms with E-state index in [0.717, 1.165) is 29.3 Å². The van der Waals surface area contributed by atoms with E-state index in [1.807, 2.05) is 22.6 Å². The second-order valence-electron chi connectivity index (χ2n) is 5.14. The van der Waals surface area contributed by atoms with E-state index in [-0.39, 0.29) is 29.9 Å². The van der Waals surface area contributed by atoms with E-state index in [9.17, 15) is 9.59 Å². The zero-order valence-corrected chi connectivity index (χ0v) is 13.8. The first-order valence-corrected chi connectivity index (χ1v) is 8.09. The monoisotopic (exact) mass is 403 g/mol. The predicted octanol–water partition coefficient (Wildman–Crippen LogP) is 2.82. The van der Waals surface area contributed by atoms with Crippen molar-refractivity contribution in [1.82, 2.24) is 5.32 Å². The van der Waals surface area contributed by atoms with Crippen molar-refractivity contribution in [3.05, 3.63) is 27.3 Å². The largest absolute Gasteiger partial charge is 0.483 e. The van der Waals surface area contributed by atoms with Crippen LogP contribution in [0.4, 0.5) is 0 Å². The summed E-state index contributed by atoms with van der Waals surface area (Å²) >= 11 is 2.04. The molecule has 0 spiro atoms. The molecule has 5 nitrogen and oxygen atoms in total. The Kier molecular flexibility index (Phi) is 5.84. The third-order valence-corrected chi connectivity index (χ3v) is 4.17. The molecule has 0 unspecified atom stereocenters. The summed E-state index contributed by atoms with van der Waals surface area (Å²) in [5, 5.41) is 12.1. The number of carbonyl (C=O) groups is 2. The molecule has 0 atom stereocenters. The van der Waals surface area contributed by atoms with Crippen molar-refractivity contribution in [2.45, 2.75) is 38.1 Å². The Morgan fingerprint density at radius 1 is 1.29 bits per heavy atom. The number of ether oxygens (including phenoxy) is 1. The van der Waals surface area contributed by atoms with Gasteiger partial charge in [0.2, 0.25) is 0 Å². The van der Waals surface area contributed by atoms with Gasteiger partial charge in [0.25, 0.3) is 5.91 Å². The maximum absolute atomic E-state index is 11.8. The van der Waals surface area contributed by atoms with Crippen LogP contribution in [0.2, 0.25) is 0 Å². The molecule has 0 heterocycles. The van der Waals surface area contributed by atoms with Gasteiger partial charge >= 0.3 is 5.97 Å². The number of rotatable bonds is 5. The fourth-order valence-electron chi connectivity index (χ4n) is 2.45. The topological polar surface area (TPSA) is 75.6 Å². The quantitative estimate of drug-likeness (QED) is 0.742. The van der Waals surface area contributed by atoms with Gasteiger partial charge in [-0.15, -0.1) is 0 Å². The zero-order valence-electron chi connectivity index (χ0n) is 11.6. The molecule has 2 N–H and O–H groups in total. The lowest BCUT2D eigenvalue weighted by Gasteiger charge is -2.22. The maximum Gasteiger partial charge on any atom is 0.339 e. The Hall–Kier alpha value is -1.31. The van der Waals surface area contributed by atoms with Gasteiger partial charge in [-0.25, -0.2) is 4.79 Å². The molecule has 0 saturated heterocycles. The number of hydrogen-bond acceptors (Lipinski definition) is 3. The van der Waals surface area contributed by atoms with Gasteiger partial charge in [-0.3, -0.25) is 4.79 Å². The van der Waals surface area contributed by atoms with E-state index < -0.39 is 5.97 Å². The lowest BCUT2D eigenvalue weighted by molar-refractivity contribution is -0.124. The smallest absolute Gasteiger partial charge is 0.339 e. The summed E-state index contributed by atoms with van der Waals surface area (Å²) in [5.41, 5.74) is 0.0763. The minimum Gasteiger partial charge on any atom is -0.483 e. The molecule has 1 aliphatic rings. The number of amides is 1. The van der Waals surface area contributed by atoms with Crippen molar-refractivity contribution < 1.29 is 19.4 Å². The minimum absolute atomic E-state index is 0.0763. The summed E-state index contributed by atoms with van der Waals surface area (Å²) < 4.78 is 6.17. The number of nitrogens with one attached hydrogen (secondary N) is 1. The Bertz CT molecular complexity index is 526. The SMILES string of the molecule is O=C(COc1ccc(I)cc1C(=O)O)NC1CCCCC1. The summed E-state index contributed by atoms with van der Waals surface area (Å²) in [7, 11) is 0. The summed E-state index contributed by atoms with van der Waals surface area (Å²) in [6.45, 7) is -0.155. The molecule has 6 heteroatoms. The second kappa shape index (κ2) is 7.63. The van der Waals surface area contributed by atoms with Crippen LogP contribution in [0.1, 0.15) is 42.5 Å². The van der Waals surface area contributed by atoms with Gasteiger partial charge in [0.15, 0.2) is 6.61 Å². The van der Waals surface area contributed by atoms with E-state index in [4.69, 9.17) is 9.84 Å². The Morgan fingerprint density at radius 3 is 2.67 bits per heavy atom. The van der Waals surface area contributed by atoms with Gasteiger partial charge in [0.1, 0.15) is 11.3 Å². The molecule has 1 aromatic rings. The van der Waals surface area contributed by atoms with Gasteiger partial charge in [0.05, 0.1) is 0 Å². The van der Waals surface area contributed by atoms with Crippen LogP contribution < -0.4 is 10.1 Å². The summed E-state index contributed by atoms with van der Waals surface area (Å²) in [4.78, 5) is 23.0. The van der Waals surface area contributed by atoms with E-state index in [0.29, 0.717) is 0 Å². The summed E-state index contributed by atoms with van der Waals surface area (Å²) in [6.07, 6.45) is 5.54. The lowest BCUT2D eigenvalue weighted by atomic mass is 9.95. The van der Waals surface area contributed by atoms with Crippen LogP contribution in [0, 0.1) is 3.57 Å². The second-order valence-corrected chi connectivity index (χ2v) is 6.38. The Balaban J connectivity index is 1.90. The number of carboxylic acids is 1. The highest BCUT2D eigenvalue weighted by molar-refractivity contribution is 14.1. The molecule has 21 heavy (non-hydrogen) atoms. The highest BCUT2D eigenvalue weighted by Crippen LogP contribution is 2.21. The highest BCUT2D eigenvalue weighted by Gasteiger charge is 2.17. The number of carbonyl (C=O) groups excluding carboxylic acids is 1. The lowest BCUT2D eigenvalue weighted by Crippen LogP contribution is -2.39. The average Bonchev–Trinajstić information content (AvgIpc) is 2.47. The molecule has 1 fully saturated rings. The van der Waals surface area contributed by atoms with Gasteiger partial charge in [-0.2, -0.15) is 0 Å². The zero-order chi connectivity index (χ0) is 15.2. The van der Waals surface area contributed by atoms with E-state index in [1.165, 1.54) is 12.5 Å². The highest BCUT2D eigenvalue weighted by atomic mass is 127. The first kappa shape index (κ1) is 16.1. The van der Waals surface area contributed by atoms with E-state index in [2.05, 4.69) is 5.32 Å². The van der Waals surface area contributed by atoms with Crippen molar-refractivity contribution in [2.75, 3.05) is 6.61 Å². The van der Waals surface area contributed by atoms with Crippen molar-refractivity contribution in [3.63, 3.8) is 0 Å². The van der Waals surface area contributed by atoms with Gasteiger partial charge in [0, 0.05) is 9.61 Å². The number of carboxylic acid groups (broad SMARTS) is 1. The van der Waals surface area contributed by atoms with Crippen molar-refractivity contribution in [3.8, 4) is 5.75 Å². The van der Waals surface area contributed by atoms with Crippen LogP contribution >= 0.6 is 22.6 Å². The van der Waals surface area contributed by atoms with Crippen LogP contribution in [0.5, 0.6) is 5.75 Å². The normalized spacial score (nSPS) is 15.5. The van der Waals surface area contributed by atoms with Crippen molar-refractivity contribution in [1.29, 1.82) is 0 Å². The molecular weight excluding hydrogens is 385 g/mol. The van der Waals surface area contributed by atoms with Gasteiger partial charge in [-0.05, 0) is 53.6 Å². The molecule has 1 aromatic carbocycles. The first-order chi connectivity index (χ1) is 10.1. The molecular formula is C15H18INO4. The minimum atomic E-state index is -1.06.